The van der Waals surface area contributed by atoms with Gasteiger partial charge in [0.25, 0.3) is 0 Å². The molecule has 2 aromatic heterocycles. The molecule has 8 bridgehead atoms. The van der Waals surface area contributed by atoms with Crippen molar-refractivity contribution >= 4 is 47.5 Å². The third-order valence-electron chi connectivity index (χ3n) is 9.42. The molecule has 5 heterocycles. The Labute approximate surface area is 363 Å². The summed E-state index contributed by atoms with van der Waals surface area (Å²) in [6.45, 7) is 9.00. The van der Waals surface area contributed by atoms with E-state index in [-0.39, 0.29) is 48.7 Å². The molecule has 0 saturated heterocycles. The molecule has 3 aliphatic heterocycles. The summed E-state index contributed by atoms with van der Waals surface area (Å²) in [4.78, 5) is 10.8. The molecule has 9 heteroatoms. The van der Waals surface area contributed by atoms with E-state index < -0.39 is 0 Å². The second kappa shape index (κ2) is 20.0. The molecule has 274 valence electrons. The number of hydrogen-bond acceptors (Lipinski definition) is 0. The molecule has 0 amide bonds. The Bertz CT molecular complexity index is 2360. The molecular weight excluding hydrogens is 854 g/mol. The van der Waals surface area contributed by atoms with Gasteiger partial charge in [0.15, 0.2) is 12.4 Å². The second-order valence-electron chi connectivity index (χ2n) is 12.6. The fourth-order valence-corrected chi connectivity index (χ4v) is 7.14. The minimum atomic E-state index is 0. The first kappa shape index (κ1) is 44.1. The second-order valence-corrected chi connectivity index (χ2v) is 12.6. The van der Waals surface area contributed by atoms with Crippen LogP contribution in [0.5, 0.6) is 0 Å². The van der Waals surface area contributed by atoms with Crippen molar-refractivity contribution in [1.82, 2.24) is 9.97 Å². The Morgan fingerprint density at radius 2 is 0.789 bits per heavy atom. The van der Waals surface area contributed by atoms with Crippen LogP contribution in [0.1, 0.15) is 45.0 Å². The van der Waals surface area contributed by atoms with Crippen LogP contribution in [0.3, 0.4) is 0 Å². The minimum absolute atomic E-state index is 0. The molecule has 3 aliphatic rings. The molecule has 57 heavy (non-hydrogen) atoms. The fraction of sp³-hybridized carbons (Fsp3) is 0.0417. The summed E-state index contributed by atoms with van der Waals surface area (Å²) in [7, 11) is 4.18. The van der Waals surface area contributed by atoms with Crippen molar-refractivity contribution in [2.45, 2.75) is 0 Å². The Morgan fingerprint density at radius 3 is 1.12 bits per heavy atom. The predicted octanol–water partition coefficient (Wildman–Crippen LogP) is 1.24. The van der Waals surface area contributed by atoms with Crippen molar-refractivity contribution in [2.75, 3.05) is 14.1 Å². The Hall–Kier alpha value is -5.66. The monoisotopic (exact) mass is 886 g/mol. The van der Waals surface area contributed by atoms with E-state index in [9.17, 15) is 0 Å². The quantitative estimate of drug-likeness (QED) is 0.116. The molecule has 0 fully saturated rings. The third-order valence-corrected chi connectivity index (χ3v) is 9.42. The topological polar surface area (TPSA) is 74.0 Å². The van der Waals surface area contributed by atoms with Crippen molar-refractivity contribution in [1.29, 1.82) is 0 Å². The number of allylic oxidation sites excluding steroid dienone is 4. The van der Waals surface area contributed by atoms with Crippen molar-refractivity contribution in [2.24, 2.45) is 0 Å². The number of benzene rings is 4. The standard InChI is InChI=1S/C46H32N4.2CO.2ClH.Sn/c1-49-29-35-27-41(49)45(33-19-11-5-12-20-33)39-25-23-38(47-39)44(32-17-9-4-10-18-32)36-28-42(50(2)30-36)46(34-21-13-6-14-22-34)40-26-24-37(48-40)43(35)31-15-7-3-8-16-31;2*1-2;;;/h3-26,29-30H,1-2H3;;;2*1H;/q;;;;;+2/p-2. The van der Waals surface area contributed by atoms with Crippen LogP contribution in [0, 0.1) is 37.3 Å². The van der Waals surface area contributed by atoms with Gasteiger partial charge in [-0.25, -0.2) is 0 Å². The van der Waals surface area contributed by atoms with Crippen molar-refractivity contribution < 1.29 is 43.3 Å². The van der Waals surface area contributed by atoms with Crippen molar-refractivity contribution in [3.05, 3.63) is 250 Å². The van der Waals surface area contributed by atoms with E-state index in [1.807, 2.05) is 24.3 Å². The summed E-state index contributed by atoms with van der Waals surface area (Å²) in [5.41, 5.74) is 13.8. The molecule has 0 aliphatic carbocycles. The third kappa shape index (κ3) is 8.69. The molecule has 0 atom stereocenters. The summed E-state index contributed by atoms with van der Waals surface area (Å²) < 4.78 is 19.3. The molecule has 9 rings (SSSR count). The number of halogens is 2. The maximum absolute atomic E-state index is 7.50. The van der Waals surface area contributed by atoms with E-state index in [4.69, 9.17) is 19.3 Å². The summed E-state index contributed by atoms with van der Waals surface area (Å²) in [6, 6.07) is 50.6. The predicted molar refractivity (Wildman–Crippen MR) is 212 cm³/mol. The van der Waals surface area contributed by atoms with Gasteiger partial charge in [0.1, 0.15) is 14.1 Å². The van der Waals surface area contributed by atoms with Crippen LogP contribution in [0.4, 0.5) is 0 Å². The fourth-order valence-electron chi connectivity index (χ4n) is 7.14. The summed E-state index contributed by atoms with van der Waals surface area (Å²) in [6.07, 6.45) is 12.0. The van der Waals surface area contributed by atoms with E-state index in [1.165, 1.54) is 0 Å². The normalized spacial score (nSPS) is 13.8. The zero-order chi connectivity index (χ0) is 37.6. The first-order chi connectivity index (χ1) is 26.6. The number of likely N-dealkylation sites (N-methyl/N-ethyl adjacent to an activating group) is 2. The van der Waals surface area contributed by atoms with E-state index in [0.717, 1.165) is 90.6 Å². The van der Waals surface area contributed by atoms with Crippen LogP contribution in [0.25, 0.3) is 11.1 Å². The van der Waals surface area contributed by atoms with Crippen LogP contribution in [0.15, 0.2) is 168 Å². The van der Waals surface area contributed by atoms with Crippen molar-refractivity contribution in [3.63, 3.8) is 0 Å². The average molecular weight is 886 g/mol. The van der Waals surface area contributed by atoms with Crippen molar-refractivity contribution in [3.8, 4) is 0 Å². The SMILES string of the molecule is C[N+]1=CC2=[C-]C1=C(c1ccccc1)c1ccc([n-]1)[C+](c1ccccc1)C1=[C-]C(=C(c3ccccc3)c3ccc([n-]3)[C+]2c2ccccc2)[N+](C)=C1.[C-]#[O+].[C-]#[O+].[Cl-].[Cl-].[Sn+2]. The van der Waals surface area contributed by atoms with Crippen LogP contribution in [-0.2, 0) is 9.30 Å². The molecule has 0 N–H and O–H groups in total. The maximum Gasteiger partial charge on any atom is 2.00 e. The molecule has 0 spiro atoms. The van der Waals surface area contributed by atoms with E-state index in [1.54, 1.807) is 0 Å². The molecule has 0 unspecified atom stereocenters. The van der Waals surface area contributed by atoms with Gasteiger partial charge >= 0.3 is 46.5 Å². The van der Waals surface area contributed by atoms with Gasteiger partial charge in [0.2, 0.25) is 11.4 Å². The van der Waals surface area contributed by atoms with Crippen LogP contribution in [0.2, 0.25) is 0 Å². The zero-order valence-electron chi connectivity index (χ0n) is 30.9. The van der Waals surface area contributed by atoms with E-state index in [2.05, 4.69) is 182 Å². The van der Waals surface area contributed by atoms with Gasteiger partial charge in [-0.2, -0.15) is 9.15 Å². The Balaban J connectivity index is 0.000000999. The van der Waals surface area contributed by atoms with Crippen LogP contribution in [-0.4, -0.2) is 59.6 Å². The van der Waals surface area contributed by atoms with Gasteiger partial charge in [0.05, 0.1) is 23.3 Å². The largest absolute Gasteiger partial charge is 2.00 e. The first-order valence-electron chi connectivity index (χ1n) is 17.2. The van der Waals surface area contributed by atoms with Crippen LogP contribution < -0.4 is 34.8 Å². The van der Waals surface area contributed by atoms with Gasteiger partial charge < -0.3 is 34.8 Å². The zero-order valence-corrected chi connectivity index (χ0v) is 35.2. The molecule has 6 aromatic rings. The molecule has 4 aromatic carbocycles. The van der Waals surface area contributed by atoms with E-state index in [0.29, 0.717) is 0 Å². The van der Waals surface area contributed by atoms with Gasteiger partial charge in [-0.3, -0.25) is 0 Å². The Kier molecular flexibility index (Phi) is 15.4. The van der Waals surface area contributed by atoms with Gasteiger partial charge in [0, 0.05) is 11.1 Å². The average Bonchev–Trinajstić information content (AvgIpc) is 4.05. The number of fused-ring (bicyclic) bond motifs is 6. The molecule has 2 radical (unpaired) electrons. The smallest absolute Gasteiger partial charge is 1.00 e. The Morgan fingerprint density at radius 1 is 0.474 bits per heavy atom. The van der Waals surface area contributed by atoms with Gasteiger partial charge in [-0.05, 0) is 34.1 Å². The van der Waals surface area contributed by atoms with Crippen LogP contribution >= 0.6 is 0 Å². The molecule has 6 nitrogen and oxygen atoms in total. The first-order valence-corrected chi connectivity index (χ1v) is 17.2. The van der Waals surface area contributed by atoms with Gasteiger partial charge in [-0.15, -0.1) is 22.8 Å². The number of aromatic nitrogens is 2. The summed E-state index contributed by atoms with van der Waals surface area (Å²) in [5.74, 6) is 2.05. The summed E-state index contributed by atoms with van der Waals surface area (Å²) in [5, 5.41) is 0. The number of rotatable bonds is 4. The summed E-state index contributed by atoms with van der Waals surface area (Å²) >= 11 is 0. The molecular formula is C48H32Cl2N4O2Sn. The maximum atomic E-state index is 7.50. The number of nitrogens with zero attached hydrogens (tertiary/aromatic N) is 4. The van der Waals surface area contributed by atoms with E-state index >= 15 is 0 Å². The van der Waals surface area contributed by atoms with Gasteiger partial charge in [-0.1, -0.05) is 146 Å². The minimum Gasteiger partial charge on any atom is -1.00 e. The number of hydrogen-bond donors (Lipinski definition) is 0. The molecule has 0 saturated carbocycles.